The lowest BCUT2D eigenvalue weighted by molar-refractivity contribution is 0.0724. The van der Waals surface area contributed by atoms with Crippen molar-refractivity contribution in [1.82, 2.24) is 19.9 Å². The number of aromatic amines is 1. The van der Waals surface area contributed by atoms with E-state index in [0.717, 1.165) is 65.5 Å². The predicted molar refractivity (Wildman–Crippen MR) is 117 cm³/mol. The first-order valence-corrected chi connectivity index (χ1v) is 10.3. The van der Waals surface area contributed by atoms with Gasteiger partial charge >= 0.3 is 0 Å². The molecule has 30 heavy (non-hydrogen) atoms. The highest BCUT2D eigenvalue weighted by Crippen LogP contribution is 2.27. The van der Waals surface area contributed by atoms with Crippen LogP contribution < -0.4 is 0 Å². The van der Waals surface area contributed by atoms with Crippen molar-refractivity contribution in [3.05, 3.63) is 59.4 Å². The number of rotatable bonds is 3. The molecule has 0 saturated carbocycles. The fourth-order valence-corrected chi connectivity index (χ4v) is 4.19. The average molecular weight is 398 g/mol. The van der Waals surface area contributed by atoms with Gasteiger partial charge in [0.05, 0.1) is 28.6 Å². The molecule has 0 atom stereocenters. The maximum absolute atomic E-state index is 12.9. The van der Waals surface area contributed by atoms with Crippen molar-refractivity contribution in [2.45, 2.75) is 26.2 Å². The molecule has 2 aromatic carbocycles. The largest absolute Gasteiger partial charge is 0.352 e. The smallest absolute Gasteiger partial charge is 0.253 e. The minimum absolute atomic E-state index is 0.0644. The molecule has 1 amide bonds. The number of amides is 1. The van der Waals surface area contributed by atoms with Crippen LogP contribution in [-0.2, 0) is 0 Å². The fourth-order valence-electron chi connectivity index (χ4n) is 4.19. The van der Waals surface area contributed by atoms with Crippen LogP contribution in [0.15, 0.2) is 42.6 Å². The number of carbonyl (C=O) groups is 2. The van der Waals surface area contributed by atoms with Crippen LogP contribution in [0.5, 0.6) is 0 Å². The zero-order chi connectivity index (χ0) is 20.7. The molecule has 2 aromatic heterocycles. The number of aryl methyl sites for hydroxylation is 1. The Kier molecular flexibility index (Phi) is 4.54. The van der Waals surface area contributed by atoms with E-state index in [9.17, 15) is 9.59 Å². The van der Waals surface area contributed by atoms with Gasteiger partial charge in [0.1, 0.15) is 0 Å². The topological polar surface area (TPSA) is 79.0 Å². The van der Waals surface area contributed by atoms with E-state index in [1.807, 2.05) is 48.2 Å². The number of carbonyl (C=O) groups excluding carboxylic acids is 2. The lowest BCUT2D eigenvalue weighted by Gasteiger charge is -2.26. The summed E-state index contributed by atoms with van der Waals surface area (Å²) in [4.78, 5) is 38.5. The van der Waals surface area contributed by atoms with E-state index < -0.39 is 0 Å². The molecule has 0 radical (unpaired) electrons. The number of benzene rings is 2. The van der Waals surface area contributed by atoms with Gasteiger partial charge in [-0.25, -0.2) is 4.98 Å². The van der Waals surface area contributed by atoms with Crippen molar-refractivity contribution in [2.24, 2.45) is 0 Å². The number of aldehydes is 1. The van der Waals surface area contributed by atoms with Gasteiger partial charge in [-0.15, -0.1) is 0 Å². The van der Waals surface area contributed by atoms with E-state index in [0.29, 0.717) is 16.8 Å². The summed E-state index contributed by atoms with van der Waals surface area (Å²) < 4.78 is 0. The Morgan fingerprint density at radius 2 is 1.90 bits per heavy atom. The molecule has 0 unspecified atom stereocenters. The predicted octanol–water partition coefficient (Wildman–Crippen LogP) is 4.53. The van der Waals surface area contributed by atoms with E-state index in [-0.39, 0.29) is 5.91 Å². The van der Waals surface area contributed by atoms with Gasteiger partial charge in [0.2, 0.25) is 0 Å². The van der Waals surface area contributed by atoms with Crippen LogP contribution in [0, 0.1) is 6.92 Å². The van der Waals surface area contributed by atoms with E-state index >= 15 is 0 Å². The second-order valence-corrected chi connectivity index (χ2v) is 7.85. The molecule has 5 rings (SSSR count). The van der Waals surface area contributed by atoms with Gasteiger partial charge in [0.25, 0.3) is 5.91 Å². The van der Waals surface area contributed by atoms with Crippen LogP contribution in [-0.4, -0.2) is 45.1 Å². The van der Waals surface area contributed by atoms with Crippen LogP contribution >= 0.6 is 0 Å². The maximum atomic E-state index is 12.9. The third-order valence-corrected chi connectivity index (χ3v) is 5.94. The summed E-state index contributed by atoms with van der Waals surface area (Å²) in [6, 6.07) is 11.5. The molecule has 0 spiro atoms. The lowest BCUT2D eigenvalue weighted by atomic mass is 10.1. The summed E-state index contributed by atoms with van der Waals surface area (Å²) in [6.07, 6.45) is 5.91. The molecular formula is C24H22N4O2. The van der Waals surface area contributed by atoms with E-state index in [2.05, 4.69) is 9.97 Å². The quantitative estimate of drug-likeness (QED) is 0.515. The number of likely N-dealkylation sites (tertiary alicyclic amines) is 1. The highest BCUT2D eigenvalue weighted by Gasteiger charge is 2.19. The number of piperidine rings is 1. The van der Waals surface area contributed by atoms with Crippen molar-refractivity contribution in [3.8, 4) is 11.3 Å². The summed E-state index contributed by atoms with van der Waals surface area (Å²) in [5, 5.41) is 0.991. The SMILES string of the molecule is Cc1c(C=O)[nH]c2ccc(-c3cnc4ccc(C(=O)N5CCCCC5)cc4n3)cc12. The monoisotopic (exact) mass is 398 g/mol. The van der Waals surface area contributed by atoms with Gasteiger partial charge in [0, 0.05) is 35.1 Å². The summed E-state index contributed by atoms with van der Waals surface area (Å²) in [5.41, 5.74) is 6.21. The Morgan fingerprint density at radius 1 is 1.07 bits per heavy atom. The first-order chi connectivity index (χ1) is 14.6. The molecule has 1 aliphatic rings. The summed E-state index contributed by atoms with van der Waals surface area (Å²) >= 11 is 0. The first kappa shape index (κ1) is 18.5. The highest BCUT2D eigenvalue weighted by atomic mass is 16.2. The zero-order valence-electron chi connectivity index (χ0n) is 16.8. The van der Waals surface area contributed by atoms with E-state index in [4.69, 9.17) is 4.98 Å². The van der Waals surface area contributed by atoms with Gasteiger partial charge < -0.3 is 9.88 Å². The number of nitrogens with zero attached hydrogens (tertiary/aromatic N) is 3. The van der Waals surface area contributed by atoms with Crippen molar-refractivity contribution < 1.29 is 9.59 Å². The minimum atomic E-state index is 0.0644. The van der Waals surface area contributed by atoms with Crippen molar-refractivity contribution in [1.29, 1.82) is 0 Å². The molecule has 0 bridgehead atoms. The summed E-state index contributed by atoms with van der Waals surface area (Å²) in [5.74, 6) is 0.0644. The summed E-state index contributed by atoms with van der Waals surface area (Å²) in [6.45, 7) is 3.57. The second-order valence-electron chi connectivity index (χ2n) is 7.85. The number of H-pyrrole nitrogens is 1. The number of fused-ring (bicyclic) bond motifs is 2. The number of nitrogens with one attached hydrogen (secondary N) is 1. The molecule has 6 heteroatoms. The number of aromatic nitrogens is 3. The van der Waals surface area contributed by atoms with E-state index in [1.54, 1.807) is 6.20 Å². The normalized spacial score (nSPS) is 14.4. The molecular weight excluding hydrogens is 376 g/mol. The summed E-state index contributed by atoms with van der Waals surface area (Å²) in [7, 11) is 0. The van der Waals surface area contributed by atoms with Crippen LogP contribution in [0.3, 0.4) is 0 Å². The van der Waals surface area contributed by atoms with Gasteiger partial charge in [-0.05, 0) is 62.1 Å². The molecule has 1 saturated heterocycles. The van der Waals surface area contributed by atoms with Crippen molar-refractivity contribution in [2.75, 3.05) is 13.1 Å². The first-order valence-electron chi connectivity index (χ1n) is 10.3. The lowest BCUT2D eigenvalue weighted by Crippen LogP contribution is -2.35. The Labute approximate surface area is 173 Å². The molecule has 1 N–H and O–H groups in total. The van der Waals surface area contributed by atoms with Gasteiger partial charge in [0.15, 0.2) is 6.29 Å². The Hall–Kier alpha value is -3.54. The van der Waals surface area contributed by atoms with Gasteiger partial charge in [-0.2, -0.15) is 0 Å². The second kappa shape index (κ2) is 7.37. The molecule has 150 valence electrons. The van der Waals surface area contributed by atoms with Crippen LogP contribution in [0.4, 0.5) is 0 Å². The standard InChI is InChI=1S/C24H22N4O2/c1-15-18-11-16(5-7-19(18)26-23(15)14-29)22-13-25-20-8-6-17(12-21(20)27-22)24(30)28-9-3-2-4-10-28/h5-8,11-14,26H,2-4,9-10H2,1H3. The molecule has 0 aliphatic carbocycles. The molecule has 4 aromatic rings. The van der Waals surface area contributed by atoms with Crippen LogP contribution in [0.1, 0.15) is 45.7 Å². The third-order valence-electron chi connectivity index (χ3n) is 5.94. The Bertz CT molecular complexity index is 1290. The van der Waals surface area contributed by atoms with E-state index in [1.165, 1.54) is 6.42 Å². The van der Waals surface area contributed by atoms with Crippen LogP contribution in [0.2, 0.25) is 0 Å². The van der Waals surface area contributed by atoms with Gasteiger partial charge in [-0.3, -0.25) is 14.6 Å². The average Bonchev–Trinajstić information content (AvgIpc) is 3.13. The maximum Gasteiger partial charge on any atom is 0.253 e. The zero-order valence-corrected chi connectivity index (χ0v) is 16.8. The number of hydrogen-bond acceptors (Lipinski definition) is 4. The molecule has 1 fully saturated rings. The molecule has 6 nitrogen and oxygen atoms in total. The van der Waals surface area contributed by atoms with Crippen LogP contribution in [0.25, 0.3) is 33.2 Å². The third kappa shape index (κ3) is 3.14. The Morgan fingerprint density at radius 3 is 2.70 bits per heavy atom. The highest BCUT2D eigenvalue weighted by molar-refractivity contribution is 5.98. The Balaban J connectivity index is 1.53. The molecule has 1 aliphatic heterocycles. The minimum Gasteiger partial charge on any atom is -0.352 e. The fraction of sp³-hybridized carbons (Fsp3) is 0.250. The van der Waals surface area contributed by atoms with Gasteiger partial charge in [-0.1, -0.05) is 6.07 Å². The molecule has 3 heterocycles. The van der Waals surface area contributed by atoms with Crippen molar-refractivity contribution >= 4 is 34.1 Å². The van der Waals surface area contributed by atoms with Crippen molar-refractivity contribution in [3.63, 3.8) is 0 Å². The number of hydrogen-bond donors (Lipinski definition) is 1.